The first-order valence-corrected chi connectivity index (χ1v) is 7.67. The SMILES string of the molecule is CNCC1(CN(C)Cc2ccc(Cl)cc2)CCCOC1. The molecule has 1 unspecified atom stereocenters. The van der Waals surface area contributed by atoms with Gasteiger partial charge in [0.25, 0.3) is 0 Å². The Labute approximate surface area is 127 Å². The highest BCUT2D eigenvalue weighted by molar-refractivity contribution is 6.30. The topological polar surface area (TPSA) is 24.5 Å². The number of hydrogen-bond acceptors (Lipinski definition) is 3. The predicted molar refractivity (Wildman–Crippen MR) is 84.2 cm³/mol. The van der Waals surface area contributed by atoms with Crippen LogP contribution in [-0.2, 0) is 11.3 Å². The zero-order valence-corrected chi connectivity index (χ0v) is 13.2. The van der Waals surface area contributed by atoms with E-state index in [1.54, 1.807) is 0 Å². The van der Waals surface area contributed by atoms with Gasteiger partial charge in [0.2, 0.25) is 0 Å². The first-order valence-electron chi connectivity index (χ1n) is 7.29. The first kappa shape index (κ1) is 15.8. The second kappa shape index (κ2) is 7.41. The van der Waals surface area contributed by atoms with Gasteiger partial charge in [-0.25, -0.2) is 0 Å². The highest BCUT2D eigenvalue weighted by Crippen LogP contribution is 2.29. The monoisotopic (exact) mass is 296 g/mol. The summed E-state index contributed by atoms with van der Waals surface area (Å²) in [6, 6.07) is 8.11. The minimum Gasteiger partial charge on any atom is -0.381 e. The van der Waals surface area contributed by atoms with Gasteiger partial charge in [-0.05, 0) is 44.6 Å². The van der Waals surface area contributed by atoms with E-state index in [4.69, 9.17) is 16.3 Å². The van der Waals surface area contributed by atoms with Gasteiger partial charge in [-0.2, -0.15) is 0 Å². The summed E-state index contributed by atoms with van der Waals surface area (Å²) < 4.78 is 5.72. The third kappa shape index (κ3) is 4.45. The summed E-state index contributed by atoms with van der Waals surface area (Å²) in [5.41, 5.74) is 1.54. The number of hydrogen-bond donors (Lipinski definition) is 1. The van der Waals surface area contributed by atoms with Crippen LogP contribution < -0.4 is 5.32 Å². The number of rotatable bonds is 6. The van der Waals surface area contributed by atoms with Crippen LogP contribution >= 0.6 is 11.6 Å². The standard InChI is InChI=1S/C16H25ClN2O/c1-18-11-16(8-3-9-20-13-16)12-19(2)10-14-4-6-15(17)7-5-14/h4-7,18H,3,8-13H2,1-2H3. The maximum absolute atomic E-state index is 5.93. The quantitative estimate of drug-likeness (QED) is 0.874. The molecular weight excluding hydrogens is 272 g/mol. The van der Waals surface area contributed by atoms with Crippen LogP contribution in [0.4, 0.5) is 0 Å². The molecule has 2 rings (SSSR count). The van der Waals surface area contributed by atoms with E-state index in [9.17, 15) is 0 Å². The molecule has 3 nitrogen and oxygen atoms in total. The Balaban J connectivity index is 1.93. The fourth-order valence-corrected chi connectivity index (χ4v) is 3.26. The lowest BCUT2D eigenvalue weighted by atomic mass is 9.82. The van der Waals surface area contributed by atoms with Gasteiger partial charge in [-0.15, -0.1) is 0 Å². The molecule has 1 aliphatic heterocycles. The van der Waals surface area contributed by atoms with Gasteiger partial charge in [-0.1, -0.05) is 23.7 Å². The highest BCUT2D eigenvalue weighted by atomic mass is 35.5. The van der Waals surface area contributed by atoms with Crippen molar-refractivity contribution in [2.45, 2.75) is 19.4 Å². The third-order valence-corrected chi connectivity index (χ3v) is 4.18. The molecule has 1 aliphatic rings. The van der Waals surface area contributed by atoms with Gasteiger partial charge in [0.1, 0.15) is 0 Å². The van der Waals surface area contributed by atoms with E-state index in [2.05, 4.69) is 29.4 Å². The van der Waals surface area contributed by atoms with Crippen molar-refractivity contribution < 1.29 is 4.74 Å². The molecule has 1 aromatic rings. The highest BCUT2D eigenvalue weighted by Gasteiger charge is 2.33. The van der Waals surface area contributed by atoms with Crippen LogP contribution in [0.3, 0.4) is 0 Å². The van der Waals surface area contributed by atoms with Gasteiger partial charge < -0.3 is 15.0 Å². The molecule has 1 heterocycles. The fourth-order valence-electron chi connectivity index (χ4n) is 3.14. The van der Waals surface area contributed by atoms with Crippen LogP contribution in [0.1, 0.15) is 18.4 Å². The molecule has 0 aromatic heterocycles. The van der Waals surface area contributed by atoms with E-state index in [0.29, 0.717) is 0 Å². The molecule has 1 fully saturated rings. The molecule has 0 spiro atoms. The molecule has 0 amide bonds. The molecule has 1 saturated heterocycles. The molecule has 20 heavy (non-hydrogen) atoms. The van der Waals surface area contributed by atoms with E-state index in [1.807, 2.05) is 19.2 Å². The van der Waals surface area contributed by atoms with Crippen molar-refractivity contribution in [2.75, 3.05) is 40.4 Å². The van der Waals surface area contributed by atoms with Crippen molar-refractivity contribution in [1.82, 2.24) is 10.2 Å². The largest absolute Gasteiger partial charge is 0.381 e. The Hall–Kier alpha value is -0.610. The van der Waals surface area contributed by atoms with Gasteiger partial charge in [0.15, 0.2) is 0 Å². The summed E-state index contributed by atoms with van der Waals surface area (Å²) in [4.78, 5) is 2.38. The van der Waals surface area contributed by atoms with E-state index in [0.717, 1.165) is 44.3 Å². The molecule has 0 bridgehead atoms. The lowest BCUT2D eigenvalue weighted by Gasteiger charge is -2.40. The van der Waals surface area contributed by atoms with Crippen LogP contribution in [0.2, 0.25) is 5.02 Å². The lowest BCUT2D eigenvalue weighted by Crippen LogP contribution is -2.47. The lowest BCUT2D eigenvalue weighted by molar-refractivity contribution is -0.0228. The maximum Gasteiger partial charge on any atom is 0.0546 e. The van der Waals surface area contributed by atoms with Crippen molar-refractivity contribution in [3.8, 4) is 0 Å². The Morgan fingerprint density at radius 3 is 2.70 bits per heavy atom. The predicted octanol–water partition coefficient (Wildman–Crippen LogP) is 2.79. The van der Waals surface area contributed by atoms with Crippen molar-refractivity contribution in [3.05, 3.63) is 34.9 Å². The van der Waals surface area contributed by atoms with Gasteiger partial charge in [0, 0.05) is 36.7 Å². The summed E-state index contributed by atoms with van der Waals surface area (Å²) in [7, 11) is 4.20. The molecule has 0 aliphatic carbocycles. The minimum atomic E-state index is 0.244. The normalized spacial score (nSPS) is 23.2. The summed E-state index contributed by atoms with van der Waals surface area (Å²) >= 11 is 5.93. The Kier molecular flexibility index (Phi) is 5.85. The van der Waals surface area contributed by atoms with Crippen LogP contribution in [0, 0.1) is 5.41 Å². The second-order valence-corrected chi connectivity index (χ2v) is 6.42. The summed E-state index contributed by atoms with van der Waals surface area (Å²) in [5, 5.41) is 4.13. The molecule has 112 valence electrons. The summed E-state index contributed by atoms with van der Waals surface area (Å²) in [6.45, 7) is 4.78. The van der Waals surface area contributed by atoms with Crippen LogP contribution in [0.25, 0.3) is 0 Å². The van der Waals surface area contributed by atoms with E-state index < -0.39 is 0 Å². The Morgan fingerprint density at radius 2 is 2.10 bits per heavy atom. The van der Waals surface area contributed by atoms with E-state index in [-0.39, 0.29) is 5.41 Å². The van der Waals surface area contributed by atoms with Gasteiger partial charge in [0.05, 0.1) is 6.61 Å². The van der Waals surface area contributed by atoms with Gasteiger partial charge in [-0.3, -0.25) is 0 Å². The molecule has 1 N–H and O–H groups in total. The number of benzene rings is 1. The number of ether oxygens (including phenoxy) is 1. The molecule has 1 aromatic carbocycles. The van der Waals surface area contributed by atoms with E-state index in [1.165, 1.54) is 12.0 Å². The molecule has 1 atom stereocenters. The maximum atomic E-state index is 5.93. The number of nitrogens with one attached hydrogen (secondary N) is 1. The van der Waals surface area contributed by atoms with Crippen molar-refractivity contribution >= 4 is 11.6 Å². The first-order chi connectivity index (χ1) is 9.63. The second-order valence-electron chi connectivity index (χ2n) is 5.99. The zero-order valence-electron chi connectivity index (χ0n) is 12.5. The average Bonchev–Trinajstić information content (AvgIpc) is 2.42. The zero-order chi connectivity index (χ0) is 14.4. The van der Waals surface area contributed by atoms with Crippen LogP contribution in [0.5, 0.6) is 0 Å². The minimum absolute atomic E-state index is 0.244. The van der Waals surface area contributed by atoms with E-state index >= 15 is 0 Å². The molecule has 4 heteroatoms. The number of halogens is 1. The summed E-state index contributed by atoms with van der Waals surface area (Å²) in [5.74, 6) is 0. The van der Waals surface area contributed by atoms with Gasteiger partial charge >= 0.3 is 0 Å². The average molecular weight is 297 g/mol. The molecule has 0 saturated carbocycles. The Morgan fingerprint density at radius 1 is 1.35 bits per heavy atom. The van der Waals surface area contributed by atoms with Crippen LogP contribution in [-0.4, -0.2) is 45.3 Å². The number of nitrogens with zero attached hydrogens (tertiary/aromatic N) is 1. The summed E-state index contributed by atoms with van der Waals surface area (Å²) in [6.07, 6.45) is 2.40. The molecule has 0 radical (unpaired) electrons. The van der Waals surface area contributed by atoms with Crippen molar-refractivity contribution in [2.24, 2.45) is 5.41 Å². The fraction of sp³-hybridized carbons (Fsp3) is 0.625. The molecular formula is C16H25ClN2O. The third-order valence-electron chi connectivity index (χ3n) is 3.93. The van der Waals surface area contributed by atoms with Crippen molar-refractivity contribution in [1.29, 1.82) is 0 Å². The van der Waals surface area contributed by atoms with Crippen molar-refractivity contribution in [3.63, 3.8) is 0 Å². The Bertz CT molecular complexity index is 396. The van der Waals surface area contributed by atoms with Crippen LogP contribution in [0.15, 0.2) is 24.3 Å². The smallest absolute Gasteiger partial charge is 0.0546 e.